The van der Waals surface area contributed by atoms with Gasteiger partial charge in [-0.3, -0.25) is 9.59 Å². The van der Waals surface area contributed by atoms with Crippen LogP contribution in [0.5, 0.6) is 0 Å². The van der Waals surface area contributed by atoms with Gasteiger partial charge in [0.05, 0.1) is 19.0 Å². The topological polar surface area (TPSA) is 109 Å². The Labute approximate surface area is 151 Å². The van der Waals surface area contributed by atoms with Crippen molar-refractivity contribution in [2.75, 3.05) is 32.1 Å². The molecule has 1 aliphatic heterocycles. The van der Waals surface area contributed by atoms with Gasteiger partial charge in [0.1, 0.15) is 0 Å². The molecule has 2 N–H and O–H groups in total. The molecule has 2 heterocycles. The molecule has 140 valence electrons. The number of para-hydroxylation sites is 1. The summed E-state index contributed by atoms with van der Waals surface area (Å²) in [6.45, 7) is 1.43. The maximum Gasteiger partial charge on any atom is 0.253 e. The molecular weight excluding hydrogens is 358 g/mol. The third kappa shape index (κ3) is 4.48. The van der Waals surface area contributed by atoms with Crippen molar-refractivity contribution in [1.82, 2.24) is 14.6 Å². The highest BCUT2D eigenvalue weighted by atomic mass is 32.2. The Kier molecular flexibility index (Phi) is 5.70. The first-order valence-electron chi connectivity index (χ1n) is 8.39. The first-order valence-corrected chi connectivity index (χ1v) is 10.00. The predicted octanol–water partition coefficient (Wildman–Crippen LogP) is 0.196. The number of sulfonamides is 1. The zero-order chi connectivity index (χ0) is 18.6. The molecule has 1 fully saturated rings. The number of morpholine rings is 1. The summed E-state index contributed by atoms with van der Waals surface area (Å²) in [5.74, 6) is -0.665. The number of hydrogen-bond donors (Lipinski definition) is 2. The number of aromatic amines is 1. The van der Waals surface area contributed by atoms with Crippen LogP contribution in [-0.2, 0) is 26.1 Å². The van der Waals surface area contributed by atoms with E-state index in [-0.39, 0.29) is 24.3 Å². The van der Waals surface area contributed by atoms with E-state index in [1.807, 2.05) is 18.2 Å². The second-order valence-electron chi connectivity index (χ2n) is 6.07. The summed E-state index contributed by atoms with van der Waals surface area (Å²) in [6, 6.07) is 9.08. The minimum atomic E-state index is -3.47. The average molecular weight is 379 g/mol. The monoisotopic (exact) mass is 379 g/mol. The van der Waals surface area contributed by atoms with Crippen LogP contribution in [0.1, 0.15) is 12.0 Å². The maximum atomic E-state index is 12.2. The highest BCUT2D eigenvalue weighted by Crippen LogP contribution is 2.10. The van der Waals surface area contributed by atoms with Gasteiger partial charge < -0.3 is 15.0 Å². The van der Waals surface area contributed by atoms with Crippen LogP contribution < -0.4 is 10.9 Å². The molecule has 8 nitrogen and oxygen atoms in total. The fourth-order valence-corrected chi connectivity index (χ4v) is 4.19. The van der Waals surface area contributed by atoms with Gasteiger partial charge >= 0.3 is 0 Å². The normalized spacial score (nSPS) is 15.8. The highest BCUT2D eigenvalue weighted by molar-refractivity contribution is 7.89. The van der Waals surface area contributed by atoms with E-state index in [0.717, 1.165) is 10.9 Å². The summed E-state index contributed by atoms with van der Waals surface area (Å²) in [6.07, 6.45) is -0.148. The molecule has 0 radical (unpaired) electrons. The molecule has 0 saturated carbocycles. The largest absolute Gasteiger partial charge is 0.379 e. The fourth-order valence-electron chi connectivity index (χ4n) is 2.78. The van der Waals surface area contributed by atoms with Crippen LogP contribution in [0.15, 0.2) is 35.1 Å². The van der Waals surface area contributed by atoms with Crippen LogP contribution in [0.3, 0.4) is 0 Å². The van der Waals surface area contributed by atoms with Gasteiger partial charge in [0.25, 0.3) is 5.56 Å². The van der Waals surface area contributed by atoms with Crippen molar-refractivity contribution in [2.45, 2.75) is 13.0 Å². The number of rotatable bonds is 6. The first-order chi connectivity index (χ1) is 12.5. The van der Waals surface area contributed by atoms with Gasteiger partial charge in [-0.25, -0.2) is 8.42 Å². The molecule has 26 heavy (non-hydrogen) atoms. The van der Waals surface area contributed by atoms with Gasteiger partial charge in [-0.2, -0.15) is 4.31 Å². The van der Waals surface area contributed by atoms with Crippen LogP contribution in [-0.4, -0.2) is 55.7 Å². The van der Waals surface area contributed by atoms with Crippen molar-refractivity contribution < 1.29 is 17.9 Å². The molecule has 1 aliphatic rings. The molecule has 0 bridgehead atoms. The zero-order valence-electron chi connectivity index (χ0n) is 14.2. The number of H-pyrrole nitrogens is 1. The molecule has 0 aliphatic carbocycles. The van der Waals surface area contributed by atoms with Gasteiger partial charge in [0.2, 0.25) is 15.9 Å². The maximum absolute atomic E-state index is 12.2. The van der Waals surface area contributed by atoms with E-state index in [9.17, 15) is 18.0 Å². The zero-order valence-corrected chi connectivity index (χ0v) is 15.0. The van der Waals surface area contributed by atoms with E-state index in [2.05, 4.69) is 10.3 Å². The molecule has 2 aromatic rings. The Morgan fingerprint density at radius 3 is 2.73 bits per heavy atom. The number of fused-ring (bicyclic) bond motifs is 1. The number of hydrogen-bond acceptors (Lipinski definition) is 5. The lowest BCUT2D eigenvalue weighted by molar-refractivity contribution is -0.120. The van der Waals surface area contributed by atoms with Crippen molar-refractivity contribution >= 4 is 26.8 Å². The molecule has 0 unspecified atom stereocenters. The second-order valence-corrected chi connectivity index (χ2v) is 8.15. The summed E-state index contributed by atoms with van der Waals surface area (Å²) >= 11 is 0. The van der Waals surface area contributed by atoms with Gasteiger partial charge in [-0.05, 0) is 17.5 Å². The predicted molar refractivity (Wildman–Crippen MR) is 97.2 cm³/mol. The standard InChI is InChI=1S/C17H21N3O5S/c21-16(5-10-26(23,24)20-6-8-25-9-7-20)18-12-14-11-13-3-1-2-4-15(13)19-17(14)22/h1-4,11H,5-10,12H2,(H,18,21)(H,19,22). The van der Waals surface area contributed by atoms with E-state index in [1.165, 1.54) is 4.31 Å². The third-order valence-electron chi connectivity index (χ3n) is 4.26. The summed E-state index contributed by atoms with van der Waals surface area (Å²) in [5, 5.41) is 3.48. The van der Waals surface area contributed by atoms with E-state index in [1.54, 1.807) is 12.1 Å². The number of ether oxygens (including phenoxy) is 1. The van der Waals surface area contributed by atoms with Crippen LogP contribution in [0.25, 0.3) is 10.9 Å². The Morgan fingerprint density at radius 2 is 1.96 bits per heavy atom. The number of carbonyl (C=O) groups is 1. The Balaban J connectivity index is 1.56. The third-order valence-corrected chi connectivity index (χ3v) is 6.13. The quantitative estimate of drug-likeness (QED) is 0.745. The summed E-state index contributed by atoms with van der Waals surface area (Å²) in [4.78, 5) is 26.8. The molecule has 1 saturated heterocycles. The van der Waals surface area contributed by atoms with Crippen LogP contribution in [0.4, 0.5) is 0 Å². The number of nitrogens with zero attached hydrogens (tertiary/aromatic N) is 1. The number of benzene rings is 1. The van der Waals surface area contributed by atoms with E-state index >= 15 is 0 Å². The number of nitrogens with one attached hydrogen (secondary N) is 2. The van der Waals surface area contributed by atoms with Gasteiger partial charge in [0.15, 0.2) is 0 Å². The smallest absolute Gasteiger partial charge is 0.253 e. The van der Waals surface area contributed by atoms with Gasteiger partial charge in [-0.1, -0.05) is 18.2 Å². The fraction of sp³-hybridized carbons (Fsp3) is 0.412. The summed E-state index contributed by atoms with van der Waals surface area (Å²) < 4.78 is 30.9. The SMILES string of the molecule is O=C(CCS(=O)(=O)N1CCOCC1)NCc1cc2ccccc2[nH]c1=O. The first kappa shape index (κ1) is 18.6. The minimum absolute atomic E-state index is 0.0522. The second kappa shape index (κ2) is 7.98. The molecule has 9 heteroatoms. The molecule has 3 rings (SSSR count). The lowest BCUT2D eigenvalue weighted by atomic mass is 10.1. The average Bonchev–Trinajstić information content (AvgIpc) is 2.65. The van der Waals surface area contributed by atoms with Crippen LogP contribution in [0.2, 0.25) is 0 Å². The Bertz CT molecular complexity index is 948. The molecule has 1 amide bonds. The number of amides is 1. The van der Waals surface area contributed by atoms with Gasteiger partial charge in [0, 0.05) is 37.1 Å². The summed E-state index contributed by atoms with van der Waals surface area (Å²) in [7, 11) is -3.47. The number of aromatic nitrogens is 1. The van der Waals surface area contributed by atoms with Crippen molar-refractivity contribution in [3.63, 3.8) is 0 Å². The number of pyridine rings is 1. The van der Waals surface area contributed by atoms with Crippen LogP contribution >= 0.6 is 0 Å². The molecular formula is C17H21N3O5S. The lowest BCUT2D eigenvalue weighted by Crippen LogP contribution is -2.42. The number of carbonyl (C=O) groups excluding carboxylic acids is 1. The molecule has 0 atom stereocenters. The van der Waals surface area contributed by atoms with E-state index in [4.69, 9.17) is 4.74 Å². The summed E-state index contributed by atoms with van der Waals surface area (Å²) in [5.41, 5.74) is 0.877. The lowest BCUT2D eigenvalue weighted by Gasteiger charge is -2.25. The van der Waals surface area contributed by atoms with E-state index < -0.39 is 15.9 Å². The minimum Gasteiger partial charge on any atom is -0.379 e. The Hall–Kier alpha value is -2.23. The van der Waals surface area contributed by atoms with Crippen molar-refractivity contribution in [3.8, 4) is 0 Å². The van der Waals surface area contributed by atoms with Crippen molar-refractivity contribution in [2.24, 2.45) is 0 Å². The molecule has 1 aromatic heterocycles. The van der Waals surface area contributed by atoms with Crippen molar-refractivity contribution in [3.05, 3.63) is 46.2 Å². The van der Waals surface area contributed by atoms with Crippen LogP contribution in [0, 0.1) is 0 Å². The molecule has 0 spiro atoms. The van der Waals surface area contributed by atoms with E-state index in [0.29, 0.717) is 31.9 Å². The van der Waals surface area contributed by atoms with Crippen molar-refractivity contribution in [1.29, 1.82) is 0 Å². The highest BCUT2D eigenvalue weighted by Gasteiger charge is 2.24. The molecule has 1 aromatic carbocycles. The van der Waals surface area contributed by atoms with Gasteiger partial charge in [-0.15, -0.1) is 0 Å². The Morgan fingerprint density at radius 1 is 1.23 bits per heavy atom.